The number of carbonyl (C=O) groups excluding carboxylic acids is 1. The molecule has 0 bridgehead atoms. The molecule has 5 nitrogen and oxygen atoms in total. The van der Waals surface area contributed by atoms with Crippen molar-refractivity contribution in [1.82, 2.24) is 9.80 Å². The summed E-state index contributed by atoms with van der Waals surface area (Å²) < 4.78 is 5.54. The molecule has 0 radical (unpaired) electrons. The van der Waals surface area contributed by atoms with E-state index >= 15 is 0 Å². The molecular formula is C17H26N2O3. The third-order valence-electron chi connectivity index (χ3n) is 3.99. The molecule has 1 aromatic rings. The summed E-state index contributed by atoms with van der Waals surface area (Å²) in [5.74, 6) is 0.968. The predicted octanol–water partition coefficient (Wildman–Crippen LogP) is 1.67. The molecule has 122 valence electrons. The second-order valence-corrected chi connectivity index (χ2v) is 5.74. The molecule has 1 aromatic carbocycles. The SMILES string of the molecule is CCCOc1ccc(C(O)CN2CCN(C(C)=O)CC2)cc1. The Kier molecular flexibility index (Phi) is 6.21. The van der Waals surface area contributed by atoms with Crippen LogP contribution in [0.15, 0.2) is 24.3 Å². The zero-order chi connectivity index (χ0) is 15.9. The average molecular weight is 306 g/mol. The number of hydrogen-bond acceptors (Lipinski definition) is 4. The van der Waals surface area contributed by atoms with E-state index < -0.39 is 6.10 Å². The van der Waals surface area contributed by atoms with Crippen LogP contribution in [0.4, 0.5) is 0 Å². The van der Waals surface area contributed by atoms with Crippen LogP contribution in [0.5, 0.6) is 5.75 Å². The third-order valence-corrected chi connectivity index (χ3v) is 3.99. The van der Waals surface area contributed by atoms with Gasteiger partial charge < -0.3 is 14.7 Å². The monoisotopic (exact) mass is 306 g/mol. The van der Waals surface area contributed by atoms with Gasteiger partial charge in [-0.05, 0) is 24.1 Å². The summed E-state index contributed by atoms with van der Waals surface area (Å²) in [4.78, 5) is 15.4. The Balaban J connectivity index is 1.82. The number of carbonyl (C=O) groups is 1. The van der Waals surface area contributed by atoms with Crippen LogP contribution in [0, 0.1) is 0 Å². The van der Waals surface area contributed by atoms with Crippen molar-refractivity contribution in [2.75, 3.05) is 39.3 Å². The van der Waals surface area contributed by atoms with Gasteiger partial charge in [-0.15, -0.1) is 0 Å². The highest BCUT2D eigenvalue weighted by Crippen LogP contribution is 2.19. The van der Waals surface area contributed by atoms with Crippen LogP contribution in [-0.4, -0.2) is 60.1 Å². The van der Waals surface area contributed by atoms with Crippen molar-refractivity contribution in [3.8, 4) is 5.75 Å². The fourth-order valence-electron chi connectivity index (χ4n) is 2.60. The Labute approximate surface area is 132 Å². The lowest BCUT2D eigenvalue weighted by Crippen LogP contribution is -2.48. The molecule has 1 saturated heterocycles. The minimum absolute atomic E-state index is 0.128. The number of hydrogen-bond donors (Lipinski definition) is 1. The number of aliphatic hydroxyl groups excluding tert-OH is 1. The van der Waals surface area contributed by atoms with Crippen molar-refractivity contribution < 1.29 is 14.6 Å². The van der Waals surface area contributed by atoms with E-state index in [1.807, 2.05) is 29.2 Å². The normalized spacial score (nSPS) is 17.3. The van der Waals surface area contributed by atoms with E-state index in [4.69, 9.17) is 4.74 Å². The van der Waals surface area contributed by atoms with Crippen LogP contribution in [-0.2, 0) is 4.79 Å². The van der Waals surface area contributed by atoms with E-state index in [2.05, 4.69) is 11.8 Å². The van der Waals surface area contributed by atoms with Crippen molar-refractivity contribution >= 4 is 5.91 Å². The van der Waals surface area contributed by atoms with Crippen LogP contribution in [0.2, 0.25) is 0 Å². The molecule has 1 N–H and O–H groups in total. The molecule has 2 rings (SSSR count). The van der Waals surface area contributed by atoms with Crippen molar-refractivity contribution in [2.24, 2.45) is 0 Å². The van der Waals surface area contributed by atoms with Crippen molar-refractivity contribution in [3.63, 3.8) is 0 Å². The maximum Gasteiger partial charge on any atom is 0.219 e. The smallest absolute Gasteiger partial charge is 0.219 e. The molecule has 1 amide bonds. The Morgan fingerprint density at radius 3 is 2.41 bits per heavy atom. The number of piperazine rings is 1. The molecule has 1 aliphatic heterocycles. The highest BCUT2D eigenvalue weighted by Gasteiger charge is 2.21. The lowest BCUT2D eigenvalue weighted by molar-refractivity contribution is -0.130. The third kappa shape index (κ3) is 4.71. The molecule has 0 aliphatic carbocycles. The van der Waals surface area contributed by atoms with Crippen LogP contribution in [0.1, 0.15) is 31.9 Å². The van der Waals surface area contributed by atoms with Crippen molar-refractivity contribution in [1.29, 1.82) is 0 Å². The van der Waals surface area contributed by atoms with Gasteiger partial charge >= 0.3 is 0 Å². The molecular weight excluding hydrogens is 280 g/mol. The van der Waals surface area contributed by atoms with E-state index in [-0.39, 0.29) is 5.91 Å². The topological polar surface area (TPSA) is 53.0 Å². The van der Waals surface area contributed by atoms with Gasteiger partial charge in [-0.3, -0.25) is 9.69 Å². The Hall–Kier alpha value is -1.59. The number of ether oxygens (including phenoxy) is 1. The second-order valence-electron chi connectivity index (χ2n) is 5.74. The summed E-state index contributed by atoms with van der Waals surface area (Å²) in [5.41, 5.74) is 0.901. The standard InChI is InChI=1S/C17H26N2O3/c1-3-12-22-16-6-4-15(5-7-16)17(21)13-18-8-10-19(11-9-18)14(2)20/h4-7,17,21H,3,8-13H2,1-2H3. The molecule has 0 spiro atoms. The fraction of sp³-hybridized carbons (Fsp3) is 0.588. The van der Waals surface area contributed by atoms with Gasteiger partial charge in [0.05, 0.1) is 12.7 Å². The number of nitrogens with zero attached hydrogens (tertiary/aromatic N) is 2. The number of amides is 1. The lowest BCUT2D eigenvalue weighted by Gasteiger charge is -2.35. The molecule has 1 unspecified atom stereocenters. The molecule has 0 aromatic heterocycles. The van der Waals surface area contributed by atoms with Crippen molar-refractivity contribution in [2.45, 2.75) is 26.4 Å². The lowest BCUT2D eigenvalue weighted by atomic mass is 10.1. The summed E-state index contributed by atoms with van der Waals surface area (Å²) in [6.45, 7) is 8.10. The quantitative estimate of drug-likeness (QED) is 0.869. The first-order valence-corrected chi connectivity index (χ1v) is 7.99. The Bertz CT molecular complexity index is 467. The summed E-state index contributed by atoms with van der Waals surface area (Å²) in [6, 6.07) is 7.65. The first-order chi connectivity index (χ1) is 10.6. The maximum atomic E-state index is 11.3. The first-order valence-electron chi connectivity index (χ1n) is 7.99. The number of β-amino-alcohol motifs (C(OH)–C–C–N with tert-alkyl or cyclic N) is 1. The molecule has 1 heterocycles. The van der Waals surface area contributed by atoms with Crippen LogP contribution in [0.3, 0.4) is 0 Å². The zero-order valence-corrected chi connectivity index (χ0v) is 13.5. The van der Waals surface area contributed by atoms with Crippen LogP contribution in [0.25, 0.3) is 0 Å². The van der Waals surface area contributed by atoms with Crippen LogP contribution < -0.4 is 4.74 Å². The van der Waals surface area contributed by atoms with E-state index in [1.165, 1.54) is 0 Å². The minimum Gasteiger partial charge on any atom is -0.494 e. The summed E-state index contributed by atoms with van der Waals surface area (Å²) in [5, 5.41) is 10.4. The van der Waals surface area contributed by atoms with Crippen molar-refractivity contribution in [3.05, 3.63) is 29.8 Å². The zero-order valence-electron chi connectivity index (χ0n) is 13.5. The van der Waals surface area contributed by atoms with Gasteiger partial charge in [0.1, 0.15) is 5.75 Å². The number of rotatable bonds is 6. The van der Waals surface area contributed by atoms with Gasteiger partial charge in [0, 0.05) is 39.6 Å². The number of aliphatic hydroxyl groups is 1. The van der Waals surface area contributed by atoms with Gasteiger partial charge in [0.25, 0.3) is 0 Å². The highest BCUT2D eigenvalue weighted by molar-refractivity contribution is 5.73. The minimum atomic E-state index is -0.510. The Morgan fingerprint density at radius 2 is 1.86 bits per heavy atom. The molecule has 5 heteroatoms. The molecule has 22 heavy (non-hydrogen) atoms. The summed E-state index contributed by atoms with van der Waals surface area (Å²) in [6.07, 6.45) is 0.473. The van der Waals surface area contributed by atoms with E-state index in [0.29, 0.717) is 13.2 Å². The largest absolute Gasteiger partial charge is 0.494 e. The summed E-state index contributed by atoms with van der Waals surface area (Å²) in [7, 11) is 0. The fourth-order valence-corrected chi connectivity index (χ4v) is 2.60. The van der Waals surface area contributed by atoms with Gasteiger partial charge in [-0.25, -0.2) is 0 Å². The van der Waals surface area contributed by atoms with E-state index in [1.54, 1.807) is 6.92 Å². The second kappa shape index (κ2) is 8.15. The summed E-state index contributed by atoms with van der Waals surface area (Å²) >= 11 is 0. The molecule has 1 aliphatic rings. The van der Waals surface area contributed by atoms with Gasteiger partial charge in [-0.2, -0.15) is 0 Å². The van der Waals surface area contributed by atoms with Gasteiger partial charge in [0.15, 0.2) is 0 Å². The maximum absolute atomic E-state index is 11.3. The molecule has 1 atom stereocenters. The van der Waals surface area contributed by atoms with E-state index in [9.17, 15) is 9.90 Å². The average Bonchev–Trinajstić information content (AvgIpc) is 2.54. The van der Waals surface area contributed by atoms with Gasteiger partial charge in [-0.1, -0.05) is 19.1 Å². The van der Waals surface area contributed by atoms with Crippen LogP contribution >= 0.6 is 0 Å². The predicted molar refractivity (Wildman–Crippen MR) is 85.9 cm³/mol. The molecule has 1 fully saturated rings. The first kappa shape index (κ1) is 16.8. The van der Waals surface area contributed by atoms with E-state index in [0.717, 1.165) is 43.9 Å². The number of benzene rings is 1. The molecule has 0 saturated carbocycles. The highest BCUT2D eigenvalue weighted by atomic mass is 16.5. The van der Waals surface area contributed by atoms with Gasteiger partial charge in [0.2, 0.25) is 5.91 Å². The Morgan fingerprint density at radius 1 is 1.23 bits per heavy atom.